The lowest BCUT2D eigenvalue weighted by Crippen LogP contribution is -1.96. The molecule has 1 N–H and O–H groups in total. The summed E-state index contributed by atoms with van der Waals surface area (Å²) in [5.74, 6) is 0. The number of non-ortho nitro benzene ring substituents is 1. The fraction of sp³-hybridized carbons (Fsp3) is 0. The maximum atomic E-state index is 11.0. The van der Waals surface area contributed by atoms with E-state index in [1.165, 1.54) is 24.4 Å². The fourth-order valence-corrected chi connectivity index (χ4v) is 1.94. The molecule has 0 aliphatic heterocycles. The molecule has 0 amide bonds. The second-order valence-corrected chi connectivity index (χ2v) is 3.93. The second kappa shape index (κ2) is 3.95. The van der Waals surface area contributed by atoms with E-state index >= 15 is 0 Å². The van der Waals surface area contributed by atoms with Crippen LogP contribution in [0.2, 0.25) is 0 Å². The maximum Gasteiger partial charge on any atom is 0.278 e. The number of nitro benzene ring substituents is 1. The number of benzene rings is 1. The van der Waals surface area contributed by atoms with E-state index in [2.05, 4.69) is 4.98 Å². The first kappa shape index (κ1) is 10.7. The summed E-state index contributed by atoms with van der Waals surface area (Å²) < 4.78 is 20.0. The Labute approximate surface area is 92.4 Å². The first-order valence-electron chi connectivity index (χ1n) is 4.24. The van der Waals surface area contributed by atoms with E-state index in [0.29, 0.717) is 0 Å². The van der Waals surface area contributed by atoms with Crippen molar-refractivity contribution in [2.24, 2.45) is 0 Å². The van der Waals surface area contributed by atoms with Crippen LogP contribution in [-0.4, -0.2) is 18.7 Å². The molecular weight excluding hydrogens is 232 g/mol. The molecule has 16 heavy (non-hydrogen) atoms. The molecule has 2 rings (SSSR count). The molecule has 1 aromatic heterocycles. The van der Waals surface area contributed by atoms with Crippen molar-refractivity contribution in [2.45, 2.75) is 4.90 Å². The molecule has 0 aliphatic rings. The van der Waals surface area contributed by atoms with Crippen LogP contribution in [0.4, 0.5) is 5.69 Å². The molecule has 7 heteroatoms. The van der Waals surface area contributed by atoms with E-state index in [-0.39, 0.29) is 21.5 Å². The van der Waals surface area contributed by atoms with Crippen LogP contribution >= 0.6 is 0 Å². The Bertz CT molecular complexity index is 547. The highest BCUT2D eigenvalue weighted by atomic mass is 32.2. The van der Waals surface area contributed by atoms with Gasteiger partial charge in [0, 0.05) is 12.3 Å². The lowest BCUT2D eigenvalue weighted by atomic mass is 10.2. The van der Waals surface area contributed by atoms with Gasteiger partial charge in [-0.3, -0.25) is 15.1 Å². The highest BCUT2D eigenvalue weighted by Crippen LogP contribution is 2.27. The molecule has 6 nitrogen and oxygen atoms in total. The van der Waals surface area contributed by atoms with Crippen molar-refractivity contribution in [1.82, 2.24) is 4.98 Å². The maximum absolute atomic E-state index is 11.0. The summed E-state index contributed by atoms with van der Waals surface area (Å²) in [7, 11) is 0. The SMILES string of the molecule is O=[N+]([O-])c1ccc(S(=O)O)c2ncccc12. The van der Waals surface area contributed by atoms with Gasteiger partial charge in [-0.15, -0.1) is 0 Å². The molecule has 0 aliphatic carbocycles. The highest BCUT2D eigenvalue weighted by Gasteiger charge is 2.16. The molecule has 0 spiro atoms. The van der Waals surface area contributed by atoms with Crippen molar-refractivity contribution in [2.75, 3.05) is 0 Å². The quantitative estimate of drug-likeness (QED) is 0.488. The molecule has 1 unspecified atom stereocenters. The molecule has 0 saturated carbocycles. The molecule has 0 radical (unpaired) electrons. The Morgan fingerprint density at radius 2 is 2.12 bits per heavy atom. The van der Waals surface area contributed by atoms with E-state index in [1.54, 1.807) is 6.07 Å². The number of nitrogens with zero attached hydrogens (tertiary/aromatic N) is 2. The van der Waals surface area contributed by atoms with Gasteiger partial charge in [0.1, 0.15) is 0 Å². The van der Waals surface area contributed by atoms with E-state index < -0.39 is 16.0 Å². The van der Waals surface area contributed by atoms with Gasteiger partial charge < -0.3 is 4.55 Å². The van der Waals surface area contributed by atoms with Gasteiger partial charge in [0.25, 0.3) is 5.69 Å². The molecular formula is C9H6N2O4S. The van der Waals surface area contributed by atoms with Gasteiger partial charge in [0.15, 0.2) is 11.1 Å². The van der Waals surface area contributed by atoms with E-state index in [1.807, 2.05) is 0 Å². The van der Waals surface area contributed by atoms with Crippen molar-refractivity contribution in [3.8, 4) is 0 Å². The molecule has 0 fully saturated rings. The van der Waals surface area contributed by atoms with Crippen molar-refractivity contribution in [1.29, 1.82) is 0 Å². The lowest BCUT2D eigenvalue weighted by molar-refractivity contribution is -0.383. The molecule has 2 aromatic rings. The van der Waals surface area contributed by atoms with Crippen LogP contribution in [0.5, 0.6) is 0 Å². The molecule has 1 heterocycles. The minimum Gasteiger partial charge on any atom is -0.302 e. The van der Waals surface area contributed by atoms with Crippen LogP contribution < -0.4 is 0 Å². The predicted molar refractivity (Wildman–Crippen MR) is 57.4 cm³/mol. The molecule has 1 aromatic carbocycles. The summed E-state index contributed by atoms with van der Waals surface area (Å²) in [4.78, 5) is 14.1. The molecule has 0 saturated heterocycles. The van der Waals surface area contributed by atoms with Crippen molar-refractivity contribution in [3.05, 3.63) is 40.6 Å². The highest BCUT2D eigenvalue weighted by molar-refractivity contribution is 7.79. The largest absolute Gasteiger partial charge is 0.302 e. The van der Waals surface area contributed by atoms with Gasteiger partial charge in [-0.05, 0) is 18.2 Å². The average molecular weight is 238 g/mol. The lowest BCUT2D eigenvalue weighted by Gasteiger charge is -2.02. The smallest absolute Gasteiger partial charge is 0.278 e. The summed E-state index contributed by atoms with van der Waals surface area (Å²) >= 11 is -2.21. The molecule has 82 valence electrons. The molecule has 1 atom stereocenters. The van der Waals surface area contributed by atoms with E-state index in [0.717, 1.165) is 0 Å². The van der Waals surface area contributed by atoms with E-state index in [9.17, 15) is 14.3 Å². The van der Waals surface area contributed by atoms with Crippen molar-refractivity contribution >= 4 is 27.7 Å². The molecule has 0 bridgehead atoms. The van der Waals surface area contributed by atoms with Gasteiger partial charge in [-0.1, -0.05) is 0 Å². The number of aromatic nitrogens is 1. The van der Waals surface area contributed by atoms with Crippen molar-refractivity contribution in [3.63, 3.8) is 0 Å². The van der Waals surface area contributed by atoms with Gasteiger partial charge in [-0.2, -0.15) is 0 Å². The van der Waals surface area contributed by atoms with Crippen LogP contribution in [0, 0.1) is 10.1 Å². The second-order valence-electron chi connectivity index (χ2n) is 2.99. The third-order valence-corrected chi connectivity index (χ3v) is 2.80. The zero-order valence-electron chi connectivity index (χ0n) is 7.86. The van der Waals surface area contributed by atoms with Gasteiger partial charge in [0.05, 0.1) is 20.7 Å². The van der Waals surface area contributed by atoms with Crippen LogP contribution in [0.15, 0.2) is 35.4 Å². The Balaban J connectivity index is 2.87. The Kier molecular flexibility index (Phi) is 2.63. The van der Waals surface area contributed by atoms with Crippen molar-refractivity contribution < 1.29 is 13.7 Å². The van der Waals surface area contributed by atoms with Crippen LogP contribution in [0.3, 0.4) is 0 Å². The van der Waals surface area contributed by atoms with Crippen LogP contribution in [0.25, 0.3) is 10.9 Å². The zero-order valence-corrected chi connectivity index (χ0v) is 8.68. The van der Waals surface area contributed by atoms with Gasteiger partial charge in [-0.25, -0.2) is 4.21 Å². The number of nitro groups is 1. The third-order valence-electron chi connectivity index (χ3n) is 2.09. The summed E-state index contributed by atoms with van der Waals surface area (Å²) in [6.07, 6.45) is 1.42. The standard InChI is InChI=1S/C9H6N2O4S/c12-11(13)7-3-4-8(16(14)15)9-6(7)2-1-5-10-9/h1-5H,(H,14,15). The van der Waals surface area contributed by atoms with Crippen LogP contribution in [-0.2, 0) is 11.1 Å². The first-order valence-corrected chi connectivity index (χ1v) is 5.35. The third kappa shape index (κ3) is 1.66. The fourth-order valence-electron chi connectivity index (χ4n) is 1.43. The van der Waals surface area contributed by atoms with E-state index in [4.69, 9.17) is 4.55 Å². The normalized spacial score (nSPS) is 12.6. The zero-order chi connectivity index (χ0) is 11.7. The van der Waals surface area contributed by atoms with Gasteiger partial charge >= 0.3 is 0 Å². The predicted octanol–water partition coefficient (Wildman–Crippen LogP) is 1.72. The first-order chi connectivity index (χ1) is 7.61. The monoisotopic (exact) mass is 238 g/mol. The number of fused-ring (bicyclic) bond motifs is 1. The topological polar surface area (TPSA) is 93.3 Å². The Morgan fingerprint density at radius 1 is 1.38 bits per heavy atom. The summed E-state index contributed by atoms with van der Waals surface area (Å²) in [5.41, 5.74) is 0.0508. The Hall–Kier alpha value is -1.86. The Morgan fingerprint density at radius 3 is 2.75 bits per heavy atom. The summed E-state index contributed by atoms with van der Waals surface area (Å²) in [5, 5.41) is 11.0. The van der Waals surface area contributed by atoms with Gasteiger partial charge in [0.2, 0.25) is 0 Å². The minimum absolute atomic E-state index is 0.0706. The summed E-state index contributed by atoms with van der Waals surface area (Å²) in [6.45, 7) is 0. The number of hydrogen-bond donors (Lipinski definition) is 1. The number of rotatable bonds is 2. The number of hydrogen-bond acceptors (Lipinski definition) is 4. The number of pyridine rings is 1. The minimum atomic E-state index is -2.21. The average Bonchev–Trinajstić information content (AvgIpc) is 2.27. The van der Waals surface area contributed by atoms with Crippen LogP contribution in [0.1, 0.15) is 0 Å². The summed E-state index contributed by atoms with van der Waals surface area (Å²) in [6, 6.07) is 5.48.